The number of nitrogens with one attached hydrogen (secondary N) is 2. The summed E-state index contributed by atoms with van der Waals surface area (Å²) in [6.45, 7) is 0. The number of carbonyl (C=O) groups excluding carboxylic acids is 2. The van der Waals surface area contributed by atoms with Gasteiger partial charge in [0.1, 0.15) is 5.75 Å². The molecule has 0 atom stereocenters. The smallest absolute Gasteiger partial charge is 0.318 e. The second-order valence-electron chi connectivity index (χ2n) is 3.82. The van der Waals surface area contributed by atoms with Crippen molar-refractivity contribution in [3.8, 4) is 5.75 Å². The lowest BCUT2D eigenvalue weighted by Crippen LogP contribution is -2.25. The van der Waals surface area contributed by atoms with Crippen LogP contribution in [0.25, 0.3) is 0 Å². The maximum atomic E-state index is 11.9. The maximum Gasteiger partial charge on any atom is 0.318 e. The lowest BCUT2D eigenvalue weighted by Gasteiger charge is -2.14. The molecule has 3 amide bonds. The third-order valence-electron chi connectivity index (χ3n) is 2.32. The maximum absolute atomic E-state index is 11.9. The zero-order valence-electron chi connectivity index (χ0n) is 10.9. The molecular weight excluding hydrogens is 234 g/mol. The van der Waals surface area contributed by atoms with Gasteiger partial charge in [0.25, 0.3) is 5.91 Å². The standard InChI is InChI=1S/C12H17N3O3/c1-13-12(17)14-8-5-6-10(18-4)9(7-8)11(16)15(2)3/h5-7H,1-4H3,(H2,13,14,17). The molecule has 1 aromatic rings. The second kappa shape index (κ2) is 5.90. The highest BCUT2D eigenvalue weighted by atomic mass is 16.5. The monoisotopic (exact) mass is 251 g/mol. The molecule has 98 valence electrons. The van der Waals surface area contributed by atoms with E-state index in [1.54, 1.807) is 32.3 Å². The zero-order chi connectivity index (χ0) is 13.7. The molecule has 0 aliphatic heterocycles. The lowest BCUT2D eigenvalue weighted by molar-refractivity contribution is 0.0824. The van der Waals surface area contributed by atoms with Crippen molar-refractivity contribution >= 4 is 17.6 Å². The Morgan fingerprint density at radius 2 is 1.94 bits per heavy atom. The third-order valence-corrected chi connectivity index (χ3v) is 2.32. The highest BCUT2D eigenvalue weighted by Gasteiger charge is 2.15. The van der Waals surface area contributed by atoms with Crippen LogP contribution in [0.3, 0.4) is 0 Å². The molecule has 0 aromatic heterocycles. The Kier molecular flexibility index (Phi) is 4.53. The molecule has 0 bridgehead atoms. The van der Waals surface area contributed by atoms with Gasteiger partial charge in [0.15, 0.2) is 0 Å². The number of nitrogens with zero attached hydrogens (tertiary/aromatic N) is 1. The fourth-order valence-electron chi connectivity index (χ4n) is 1.39. The largest absolute Gasteiger partial charge is 0.496 e. The molecular formula is C12H17N3O3. The fraction of sp³-hybridized carbons (Fsp3) is 0.333. The average Bonchev–Trinajstić information content (AvgIpc) is 2.37. The number of hydrogen-bond donors (Lipinski definition) is 2. The van der Waals surface area contributed by atoms with E-state index in [1.165, 1.54) is 19.1 Å². The summed E-state index contributed by atoms with van der Waals surface area (Å²) in [6, 6.07) is 4.54. The van der Waals surface area contributed by atoms with Crippen LogP contribution >= 0.6 is 0 Å². The Morgan fingerprint density at radius 1 is 1.28 bits per heavy atom. The van der Waals surface area contributed by atoms with E-state index in [9.17, 15) is 9.59 Å². The van der Waals surface area contributed by atoms with Crippen LogP contribution in [0.2, 0.25) is 0 Å². The van der Waals surface area contributed by atoms with Crippen LogP contribution in [0.4, 0.5) is 10.5 Å². The van der Waals surface area contributed by atoms with Crippen molar-refractivity contribution in [3.05, 3.63) is 23.8 Å². The van der Waals surface area contributed by atoms with Crippen LogP contribution in [-0.2, 0) is 0 Å². The zero-order valence-corrected chi connectivity index (χ0v) is 10.9. The molecule has 1 rings (SSSR count). The molecule has 0 aliphatic carbocycles. The molecule has 1 aromatic carbocycles. The van der Waals surface area contributed by atoms with Crippen molar-refractivity contribution in [1.82, 2.24) is 10.2 Å². The Balaban J connectivity index is 3.09. The van der Waals surface area contributed by atoms with Gasteiger partial charge in [-0.05, 0) is 18.2 Å². The summed E-state index contributed by atoms with van der Waals surface area (Å²) in [7, 11) is 6.32. The van der Waals surface area contributed by atoms with E-state index in [-0.39, 0.29) is 11.9 Å². The number of anilines is 1. The van der Waals surface area contributed by atoms with Gasteiger partial charge in [-0.25, -0.2) is 4.79 Å². The van der Waals surface area contributed by atoms with Crippen molar-refractivity contribution in [2.75, 3.05) is 33.6 Å². The number of ether oxygens (including phenoxy) is 1. The van der Waals surface area contributed by atoms with Crippen molar-refractivity contribution in [2.45, 2.75) is 0 Å². The minimum absolute atomic E-state index is 0.188. The first-order valence-corrected chi connectivity index (χ1v) is 5.38. The average molecular weight is 251 g/mol. The molecule has 0 fully saturated rings. The summed E-state index contributed by atoms with van der Waals surface area (Å²) in [4.78, 5) is 24.6. The first kappa shape index (κ1) is 13.8. The molecule has 0 heterocycles. The Bertz CT molecular complexity index is 458. The first-order valence-electron chi connectivity index (χ1n) is 5.38. The molecule has 2 N–H and O–H groups in total. The predicted octanol–water partition coefficient (Wildman–Crippen LogP) is 1.15. The number of urea groups is 1. The number of benzene rings is 1. The van der Waals surface area contributed by atoms with E-state index in [2.05, 4.69) is 10.6 Å². The SMILES string of the molecule is CNC(=O)Nc1ccc(OC)c(C(=O)N(C)C)c1. The van der Waals surface area contributed by atoms with Gasteiger partial charge in [-0.3, -0.25) is 4.79 Å². The van der Waals surface area contributed by atoms with Crippen LogP contribution in [0.1, 0.15) is 10.4 Å². The highest BCUT2D eigenvalue weighted by molar-refractivity contribution is 5.99. The van der Waals surface area contributed by atoms with Crippen LogP contribution in [-0.4, -0.2) is 45.1 Å². The summed E-state index contributed by atoms with van der Waals surface area (Å²) in [6.07, 6.45) is 0. The van der Waals surface area contributed by atoms with E-state index in [0.717, 1.165) is 0 Å². The molecule has 6 heteroatoms. The predicted molar refractivity (Wildman–Crippen MR) is 69.1 cm³/mol. The van der Waals surface area contributed by atoms with Gasteiger partial charge >= 0.3 is 6.03 Å². The van der Waals surface area contributed by atoms with Gasteiger partial charge in [-0.15, -0.1) is 0 Å². The van der Waals surface area contributed by atoms with E-state index in [4.69, 9.17) is 4.74 Å². The van der Waals surface area contributed by atoms with E-state index < -0.39 is 0 Å². The Labute approximate surface area is 106 Å². The topological polar surface area (TPSA) is 70.7 Å². The number of methoxy groups -OCH3 is 1. The van der Waals surface area contributed by atoms with Crippen LogP contribution < -0.4 is 15.4 Å². The Hall–Kier alpha value is -2.24. The van der Waals surface area contributed by atoms with Gasteiger partial charge in [-0.1, -0.05) is 0 Å². The molecule has 0 saturated carbocycles. The summed E-state index contributed by atoms with van der Waals surface area (Å²) in [5.41, 5.74) is 0.928. The fourth-order valence-corrected chi connectivity index (χ4v) is 1.39. The molecule has 0 unspecified atom stereocenters. The molecule has 6 nitrogen and oxygen atoms in total. The molecule has 0 radical (unpaired) electrons. The Morgan fingerprint density at radius 3 is 2.44 bits per heavy atom. The van der Waals surface area contributed by atoms with Crippen LogP contribution in [0.5, 0.6) is 5.75 Å². The lowest BCUT2D eigenvalue weighted by atomic mass is 10.1. The van der Waals surface area contributed by atoms with E-state index in [0.29, 0.717) is 17.0 Å². The van der Waals surface area contributed by atoms with Gasteiger partial charge in [0, 0.05) is 26.8 Å². The normalized spacial score (nSPS) is 9.56. The minimum Gasteiger partial charge on any atom is -0.496 e. The summed E-state index contributed by atoms with van der Waals surface area (Å²) in [5.74, 6) is 0.281. The van der Waals surface area contributed by atoms with E-state index >= 15 is 0 Å². The molecule has 0 saturated heterocycles. The van der Waals surface area contributed by atoms with Crippen LogP contribution in [0.15, 0.2) is 18.2 Å². The number of rotatable bonds is 3. The first-order chi connectivity index (χ1) is 8.49. The molecule has 18 heavy (non-hydrogen) atoms. The number of carbonyl (C=O) groups is 2. The summed E-state index contributed by atoms with van der Waals surface area (Å²) >= 11 is 0. The molecule has 0 aliphatic rings. The van der Waals surface area contributed by atoms with Gasteiger partial charge in [0.2, 0.25) is 0 Å². The molecule has 0 spiro atoms. The summed E-state index contributed by atoms with van der Waals surface area (Å²) in [5, 5.41) is 5.04. The highest BCUT2D eigenvalue weighted by Crippen LogP contribution is 2.23. The second-order valence-corrected chi connectivity index (χ2v) is 3.82. The minimum atomic E-state index is -0.344. The van der Waals surface area contributed by atoms with Crippen LogP contribution in [0, 0.1) is 0 Å². The number of amides is 3. The van der Waals surface area contributed by atoms with Crippen molar-refractivity contribution < 1.29 is 14.3 Å². The van der Waals surface area contributed by atoms with Gasteiger partial charge < -0.3 is 20.3 Å². The van der Waals surface area contributed by atoms with Crippen molar-refractivity contribution in [3.63, 3.8) is 0 Å². The summed E-state index contributed by atoms with van der Waals surface area (Å²) < 4.78 is 5.13. The quantitative estimate of drug-likeness (QED) is 0.846. The van der Waals surface area contributed by atoms with Gasteiger partial charge in [-0.2, -0.15) is 0 Å². The number of hydrogen-bond acceptors (Lipinski definition) is 3. The van der Waals surface area contributed by atoms with E-state index in [1.807, 2.05) is 0 Å². The third kappa shape index (κ3) is 3.13. The van der Waals surface area contributed by atoms with Crippen molar-refractivity contribution in [2.24, 2.45) is 0 Å². The van der Waals surface area contributed by atoms with Gasteiger partial charge in [0.05, 0.1) is 12.7 Å². The van der Waals surface area contributed by atoms with Crippen molar-refractivity contribution in [1.29, 1.82) is 0 Å².